The van der Waals surface area contributed by atoms with E-state index in [1.54, 1.807) is 0 Å². The number of nitrogens with zero attached hydrogens (tertiary/aromatic N) is 1. The number of anilines is 1. The van der Waals surface area contributed by atoms with Crippen molar-refractivity contribution in [1.82, 2.24) is 10.6 Å². The van der Waals surface area contributed by atoms with Crippen molar-refractivity contribution in [1.29, 1.82) is 0 Å². The fourth-order valence-corrected chi connectivity index (χ4v) is 2.85. The number of para-hydroxylation sites is 1. The van der Waals surface area contributed by atoms with Gasteiger partial charge in [0, 0.05) is 31.2 Å². The normalized spacial score (nSPS) is 16.8. The average molecular weight is 303 g/mol. The number of hydrogen-bond donors (Lipinski definition) is 2. The molecular formula is C17H25N3O2. The first kappa shape index (κ1) is 16.3. The molecule has 1 aliphatic heterocycles. The molecule has 22 heavy (non-hydrogen) atoms. The van der Waals surface area contributed by atoms with Crippen molar-refractivity contribution in [3.63, 3.8) is 0 Å². The lowest BCUT2D eigenvalue weighted by Crippen LogP contribution is -2.41. The predicted molar refractivity (Wildman–Crippen MR) is 87.9 cm³/mol. The van der Waals surface area contributed by atoms with Crippen molar-refractivity contribution in [3.8, 4) is 0 Å². The van der Waals surface area contributed by atoms with Crippen LogP contribution in [0, 0.1) is 0 Å². The number of hydrogen-bond acceptors (Lipinski definition) is 3. The van der Waals surface area contributed by atoms with E-state index < -0.39 is 0 Å². The van der Waals surface area contributed by atoms with Crippen molar-refractivity contribution in [2.45, 2.75) is 39.2 Å². The van der Waals surface area contributed by atoms with E-state index in [9.17, 15) is 9.59 Å². The lowest BCUT2D eigenvalue weighted by atomic mass is 9.96. The van der Waals surface area contributed by atoms with Crippen molar-refractivity contribution in [2.75, 3.05) is 24.5 Å². The molecule has 1 heterocycles. The van der Waals surface area contributed by atoms with Crippen molar-refractivity contribution >= 4 is 17.5 Å². The van der Waals surface area contributed by atoms with E-state index in [1.807, 2.05) is 13.0 Å². The van der Waals surface area contributed by atoms with E-state index in [0.717, 1.165) is 12.8 Å². The Morgan fingerprint density at radius 1 is 1.23 bits per heavy atom. The fourth-order valence-electron chi connectivity index (χ4n) is 2.85. The predicted octanol–water partition coefficient (Wildman–Crippen LogP) is 1.47. The highest BCUT2D eigenvalue weighted by Gasteiger charge is 2.22. The van der Waals surface area contributed by atoms with Gasteiger partial charge in [-0.3, -0.25) is 9.59 Å². The first-order valence-corrected chi connectivity index (χ1v) is 7.99. The first-order chi connectivity index (χ1) is 10.6. The van der Waals surface area contributed by atoms with Crippen LogP contribution in [-0.4, -0.2) is 37.5 Å². The van der Waals surface area contributed by atoms with Gasteiger partial charge in [0.25, 0.3) is 0 Å². The van der Waals surface area contributed by atoms with Gasteiger partial charge < -0.3 is 15.5 Å². The number of carbonyl (C=O) groups is 2. The lowest BCUT2D eigenvalue weighted by Gasteiger charge is -2.37. The van der Waals surface area contributed by atoms with Crippen molar-refractivity contribution < 1.29 is 9.59 Å². The van der Waals surface area contributed by atoms with Crippen molar-refractivity contribution in [2.24, 2.45) is 0 Å². The SMILES string of the molecule is CCNC(=O)CNC(=O)CCN1c2ccccc2CCC1C. The van der Waals surface area contributed by atoms with Gasteiger partial charge in [-0.15, -0.1) is 0 Å². The van der Waals surface area contributed by atoms with Gasteiger partial charge in [-0.1, -0.05) is 18.2 Å². The Kier molecular flexibility index (Phi) is 5.81. The number of carbonyl (C=O) groups excluding carboxylic acids is 2. The van der Waals surface area contributed by atoms with Gasteiger partial charge in [-0.25, -0.2) is 0 Å². The number of likely N-dealkylation sites (N-methyl/N-ethyl adjacent to an activating group) is 1. The molecule has 2 N–H and O–H groups in total. The summed E-state index contributed by atoms with van der Waals surface area (Å²) < 4.78 is 0. The van der Waals surface area contributed by atoms with E-state index in [0.29, 0.717) is 25.6 Å². The second-order valence-electron chi connectivity index (χ2n) is 5.69. The van der Waals surface area contributed by atoms with Gasteiger partial charge in [0.2, 0.25) is 11.8 Å². The van der Waals surface area contributed by atoms with E-state index in [-0.39, 0.29) is 18.4 Å². The van der Waals surface area contributed by atoms with Gasteiger partial charge in [0.15, 0.2) is 0 Å². The molecule has 2 amide bonds. The van der Waals surface area contributed by atoms with E-state index in [4.69, 9.17) is 0 Å². The van der Waals surface area contributed by atoms with Crippen LogP contribution in [-0.2, 0) is 16.0 Å². The highest BCUT2D eigenvalue weighted by atomic mass is 16.2. The Hall–Kier alpha value is -2.04. The second-order valence-corrected chi connectivity index (χ2v) is 5.69. The molecule has 120 valence electrons. The van der Waals surface area contributed by atoms with Crippen molar-refractivity contribution in [3.05, 3.63) is 29.8 Å². The molecule has 0 radical (unpaired) electrons. The highest BCUT2D eigenvalue weighted by molar-refractivity contribution is 5.84. The maximum atomic E-state index is 11.9. The molecule has 1 aromatic rings. The minimum absolute atomic E-state index is 0.0544. The lowest BCUT2D eigenvalue weighted by molar-refractivity contribution is -0.125. The summed E-state index contributed by atoms with van der Waals surface area (Å²) in [4.78, 5) is 25.5. The van der Waals surface area contributed by atoms with Crippen LogP contribution >= 0.6 is 0 Å². The molecule has 1 aromatic carbocycles. The van der Waals surface area contributed by atoms with E-state index >= 15 is 0 Å². The van der Waals surface area contributed by atoms with Crippen LogP contribution in [0.15, 0.2) is 24.3 Å². The molecule has 5 heteroatoms. The molecule has 0 fully saturated rings. The summed E-state index contributed by atoms with van der Waals surface area (Å²) in [6.07, 6.45) is 2.60. The van der Waals surface area contributed by atoms with Gasteiger partial charge in [-0.2, -0.15) is 0 Å². The first-order valence-electron chi connectivity index (χ1n) is 7.99. The fraction of sp³-hybridized carbons (Fsp3) is 0.529. The van der Waals surface area contributed by atoms with Crippen LogP contribution in [0.1, 0.15) is 32.3 Å². The third-order valence-electron chi connectivity index (χ3n) is 4.06. The molecule has 0 aromatic heterocycles. The Morgan fingerprint density at radius 2 is 2.00 bits per heavy atom. The number of aryl methyl sites for hydroxylation is 1. The van der Waals surface area contributed by atoms with Gasteiger partial charge >= 0.3 is 0 Å². The highest BCUT2D eigenvalue weighted by Crippen LogP contribution is 2.30. The van der Waals surface area contributed by atoms with Gasteiger partial charge in [0.05, 0.1) is 6.54 Å². The zero-order valence-corrected chi connectivity index (χ0v) is 13.4. The second kappa shape index (κ2) is 7.82. The van der Waals surface area contributed by atoms with Crippen LogP contribution < -0.4 is 15.5 Å². The molecule has 0 bridgehead atoms. The zero-order valence-electron chi connectivity index (χ0n) is 13.4. The van der Waals surface area contributed by atoms with Gasteiger partial charge in [-0.05, 0) is 38.3 Å². The van der Waals surface area contributed by atoms with Crippen LogP contribution in [0.4, 0.5) is 5.69 Å². The van der Waals surface area contributed by atoms with E-state index in [2.05, 4.69) is 40.7 Å². The summed E-state index contributed by atoms with van der Waals surface area (Å²) in [5, 5.41) is 5.33. The molecule has 1 unspecified atom stereocenters. The smallest absolute Gasteiger partial charge is 0.239 e. The molecule has 1 atom stereocenters. The Balaban J connectivity index is 1.86. The Labute approximate surface area is 132 Å². The minimum Gasteiger partial charge on any atom is -0.368 e. The van der Waals surface area contributed by atoms with Crippen LogP contribution in [0.25, 0.3) is 0 Å². The third kappa shape index (κ3) is 4.23. The van der Waals surface area contributed by atoms with Crippen LogP contribution in [0.5, 0.6) is 0 Å². The summed E-state index contributed by atoms with van der Waals surface area (Å²) in [6.45, 7) is 5.37. The molecule has 0 saturated carbocycles. The van der Waals surface area contributed by atoms with E-state index in [1.165, 1.54) is 11.3 Å². The molecule has 0 saturated heterocycles. The molecular weight excluding hydrogens is 278 g/mol. The maximum absolute atomic E-state index is 11.9. The maximum Gasteiger partial charge on any atom is 0.239 e. The number of nitrogens with one attached hydrogen (secondary N) is 2. The summed E-state index contributed by atoms with van der Waals surface area (Å²) in [6, 6.07) is 8.82. The third-order valence-corrected chi connectivity index (χ3v) is 4.06. The molecule has 0 aliphatic carbocycles. The minimum atomic E-state index is -0.146. The standard InChI is InChI=1S/C17H25N3O2/c1-3-18-17(22)12-19-16(21)10-11-20-13(2)8-9-14-6-4-5-7-15(14)20/h4-7,13H,3,8-12H2,1-2H3,(H,18,22)(H,19,21). The molecule has 2 rings (SSSR count). The monoisotopic (exact) mass is 303 g/mol. The Bertz CT molecular complexity index is 530. The number of rotatable bonds is 6. The molecule has 5 nitrogen and oxygen atoms in total. The summed E-state index contributed by atoms with van der Waals surface area (Å²) in [5.41, 5.74) is 2.58. The quantitative estimate of drug-likeness (QED) is 0.836. The summed E-state index contributed by atoms with van der Waals surface area (Å²) in [7, 11) is 0. The zero-order chi connectivity index (χ0) is 15.9. The molecule has 0 spiro atoms. The van der Waals surface area contributed by atoms with Crippen LogP contribution in [0.2, 0.25) is 0 Å². The summed E-state index contributed by atoms with van der Waals surface area (Å²) in [5.74, 6) is -0.228. The average Bonchev–Trinajstić information content (AvgIpc) is 2.52. The topological polar surface area (TPSA) is 61.4 Å². The Morgan fingerprint density at radius 3 is 2.77 bits per heavy atom. The summed E-state index contributed by atoms with van der Waals surface area (Å²) >= 11 is 0. The number of amides is 2. The molecule has 1 aliphatic rings. The largest absolute Gasteiger partial charge is 0.368 e. The number of fused-ring (bicyclic) bond motifs is 1. The number of benzene rings is 1. The van der Waals surface area contributed by atoms with Gasteiger partial charge in [0.1, 0.15) is 0 Å². The van der Waals surface area contributed by atoms with Crippen LogP contribution in [0.3, 0.4) is 0 Å².